The second-order valence-electron chi connectivity index (χ2n) is 7.26. The molecule has 0 radical (unpaired) electrons. The van der Waals surface area contributed by atoms with E-state index in [9.17, 15) is 4.79 Å². The molecule has 2 aliphatic rings. The molecule has 1 aliphatic heterocycles. The zero-order valence-electron chi connectivity index (χ0n) is 15.0. The number of aromatic nitrogens is 2. The van der Waals surface area contributed by atoms with E-state index in [-0.39, 0.29) is 35.0 Å². The number of ether oxygens (including phenoxy) is 1. The Morgan fingerprint density at radius 1 is 1.24 bits per heavy atom. The van der Waals surface area contributed by atoms with Gasteiger partial charge in [0.15, 0.2) is 18.8 Å². The Labute approximate surface area is 165 Å². The second kappa shape index (κ2) is 8.31. The molecule has 0 atom stereocenters. The number of nitrogens with one attached hydrogen (secondary N) is 3. The summed E-state index contributed by atoms with van der Waals surface area (Å²) in [6, 6.07) is 1.47. The van der Waals surface area contributed by atoms with Gasteiger partial charge in [-0.1, -0.05) is 13.8 Å². The molecule has 7 nitrogen and oxygen atoms in total. The molecule has 0 bridgehead atoms. The minimum Gasteiger partial charge on any atom is -1.00 e. The van der Waals surface area contributed by atoms with Gasteiger partial charge in [0, 0.05) is 30.0 Å². The van der Waals surface area contributed by atoms with Gasteiger partial charge in [-0.05, 0) is 18.8 Å². The summed E-state index contributed by atoms with van der Waals surface area (Å²) < 4.78 is 7.85. The number of anilines is 1. The Balaban J connectivity index is 0.00000225. The predicted octanol–water partition coefficient (Wildman–Crippen LogP) is -1.81. The van der Waals surface area contributed by atoms with Crippen LogP contribution in [0.5, 0.6) is 0 Å². The number of allylic oxidation sites excluding steroid dienone is 2. The van der Waals surface area contributed by atoms with Crippen molar-refractivity contribution in [2.75, 3.05) is 31.7 Å². The molecule has 0 unspecified atom stereocenters. The van der Waals surface area contributed by atoms with Gasteiger partial charge < -0.3 is 34.1 Å². The normalized spacial score (nSPS) is 19.7. The number of halogens is 1. The molecule has 8 heteroatoms. The number of hydrogen-bond donors (Lipinski definition) is 3. The average molecular weight is 459 g/mol. The summed E-state index contributed by atoms with van der Waals surface area (Å²) in [5, 5.41) is 0. The first-order valence-corrected chi connectivity index (χ1v) is 8.40. The Morgan fingerprint density at radius 2 is 1.96 bits per heavy atom. The lowest BCUT2D eigenvalue weighted by Crippen LogP contribution is -3.00. The number of H-pyrrole nitrogens is 1. The van der Waals surface area contributed by atoms with E-state index in [0.29, 0.717) is 11.6 Å². The number of hydrogen-bond acceptors (Lipinski definition) is 5. The summed E-state index contributed by atoms with van der Waals surface area (Å²) in [4.78, 5) is 18.5. The van der Waals surface area contributed by atoms with Gasteiger partial charge in [-0.15, -0.1) is 0 Å². The van der Waals surface area contributed by atoms with Crippen LogP contribution in [0, 0.1) is 12.3 Å². The molecule has 2 heterocycles. The first-order valence-electron chi connectivity index (χ1n) is 8.40. The van der Waals surface area contributed by atoms with Crippen molar-refractivity contribution >= 4 is 11.7 Å². The number of aryl methyl sites for hydroxylation is 1. The van der Waals surface area contributed by atoms with Crippen molar-refractivity contribution in [3.05, 3.63) is 33.9 Å². The first-order chi connectivity index (χ1) is 11.4. The number of aromatic amines is 1. The molecular weight excluding hydrogens is 433 g/mol. The van der Waals surface area contributed by atoms with Crippen LogP contribution in [0.4, 0.5) is 5.95 Å². The standard InChI is InChI=1S/C17H25N5O2.HI/c1-12-8-15(23)19-16(18-12)21-20-13-9-14(11-17(2,3)10-13)22-4-6-24-7-5-22;/h8-9H,4-7,10-11H2,1-3H3,(H2,18,19,21,23);1H. The molecule has 25 heavy (non-hydrogen) atoms. The molecule has 3 N–H and O–H groups in total. The third-order valence-corrected chi connectivity index (χ3v) is 4.30. The molecule has 1 aromatic rings. The first kappa shape index (κ1) is 19.9. The van der Waals surface area contributed by atoms with Crippen molar-refractivity contribution in [1.29, 1.82) is 0 Å². The average Bonchev–Trinajstić information content (AvgIpc) is 2.51. The van der Waals surface area contributed by atoms with Crippen LogP contribution in [-0.2, 0) is 4.74 Å². The Morgan fingerprint density at radius 3 is 2.64 bits per heavy atom. The van der Waals surface area contributed by atoms with Crippen molar-refractivity contribution in [2.24, 2.45) is 5.41 Å². The monoisotopic (exact) mass is 459 g/mol. The van der Waals surface area contributed by atoms with Crippen molar-refractivity contribution in [2.45, 2.75) is 33.6 Å². The molecule has 0 aromatic carbocycles. The summed E-state index contributed by atoms with van der Waals surface area (Å²) in [6.45, 7) is 9.79. The van der Waals surface area contributed by atoms with Crippen LogP contribution in [0.3, 0.4) is 0 Å². The highest BCUT2D eigenvalue weighted by atomic mass is 127. The van der Waals surface area contributed by atoms with E-state index in [1.165, 1.54) is 11.8 Å². The fourth-order valence-corrected chi connectivity index (χ4v) is 3.28. The molecule has 1 aliphatic carbocycles. The lowest BCUT2D eigenvalue weighted by molar-refractivity contribution is -0.550. The van der Waals surface area contributed by atoms with Crippen molar-refractivity contribution in [3.8, 4) is 0 Å². The van der Waals surface area contributed by atoms with Gasteiger partial charge in [0.05, 0.1) is 0 Å². The van der Waals surface area contributed by atoms with Crippen LogP contribution in [-0.4, -0.2) is 46.6 Å². The molecule has 1 aromatic heterocycles. The van der Waals surface area contributed by atoms with E-state index < -0.39 is 0 Å². The summed E-state index contributed by atoms with van der Waals surface area (Å²) in [5.41, 5.74) is 9.37. The Hall–Kier alpha value is -1.42. The van der Waals surface area contributed by atoms with E-state index in [1.54, 1.807) is 6.92 Å². The van der Waals surface area contributed by atoms with E-state index in [0.717, 1.165) is 44.8 Å². The Kier molecular flexibility index (Phi) is 6.61. The van der Waals surface area contributed by atoms with Crippen LogP contribution in [0.2, 0.25) is 0 Å². The van der Waals surface area contributed by atoms with Gasteiger partial charge in [0.1, 0.15) is 13.2 Å². The molecule has 138 valence electrons. The lowest BCUT2D eigenvalue weighted by atomic mass is 9.78. The molecular formula is C17H26IN5O2. The van der Waals surface area contributed by atoms with E-state index in [2.05, 4.69) is 45.3 Å². The van der Waals surface area contributed by atoms with Crippen LogP contribution in [0.25, 0.3) is 0 Å². The van der Waals surface area contributed by atoms with Crippen molar-refractivity contribution in [3.63, 3.8) is 0 Å². The maximum Gasteiger partial charge on any atom is 0.252 e. The summed E-state index contributed by atoms with van der Waals surface area (Å²) >= 11 is 0. The lowest BCUT2D eigenvalue weighted by Gasteiger charge is -2.30. The molecule has 1 fully saturated rings. The molecule has 1 saturated heterocycles. The molecule has 0 amide bonds. The van der Waals surface area contributed by atoms with Crippen LogP contribution in [0.1, 0.15) is 32.4 Å². The number of morpholine rings is 1. The fraction of sp³-hybridized carbons (Fsp3) is 0.588. The largest absolute Gasteiger partial charge is 1.00 e. The van der Waals surface area contributed by atoms with Gasteiger partial charge in [0.25, 0.3) is 5.56 Å². The van der Waals surface area contributed by atoms with Gasteiger partial charge in [-0.3, -0.25) is 15.2 Å². The molecule has 3 rings (SSSR count). The van der Waals surface area contributed by atoms with E-state index >= 15 is 0 Å². The summed E-state index contributed by atoms with van der Waals surface area (Å²) in [5.74, 6) is 0.428. The number of rotatable bonds is 3. The predicted molar refractivity (Wildman–Crippen MR) is 93.3 cm³/mol. The summed E-state index contributed by atoms with van der Waals surface area (Å²) in [7, 11) is 0. The topological polar surface area (TPSA) is 82.0 Å². The van der Waals surface area contributed by atoms with Gasteiger partial charge in [0.2, 0.25) is 5.95 Å². The maximum atomic E-state index is 11.5. The minimum atomic E-state index is -0.162. The summed E-state index contributed by atoms with van der Waals surface area (Å²) in [6.07, 6.45) is 4.19. The number of nitrogens with zero attached hydrogens (tertiary/aromatic N) is 2. The van der Waals surface area contributed by atoms with Crippen molar-refractivity contribution < 1.29 is 33.3 Å². The zero-order chi connectivity index (χ0) is 17.2. The molecule has 0 spiro atoms. The van der Waals surface area contributed by atoms with Gasteiger partial charge in [-0.2, -0.15) is 0 Å². The Bertz CT molecular complexity index is 731. The SMILES string of the molecule is Cc1cc(=O)[nH]c(NNC2=CC(=[N+]3CCOCC3)CC(C)(C)C2)n1.[I-]. The van der Waals surface area contributed by atoms with Gasteiger partial charge >= 0.3 is 0 Å². The zero-order valence-corrected chi connectivity index (χ0v) is 17.1. The second-order valence-corrected chi connectivity index (χ2v) is 7.26. The van der Waals surface area contributed by atoms with Gasteiger partial charge in [-0.25, -0.2) is 9.56 Å². The highest BCUT2D eigenvalue weighted by Crippen LogP contribution is 2.33. The quantitative estimate of drug-likeness (QED) is 0.282. The maximum absolute atomic E-state index is 11.5. The third kappa shape index (κ3) is 5.53. The van der Waals surface area contributed by atoms with E-state index in [4.69, 9.17) is 4.74 Å². The smallest absolute Gasteiger partial charge is 0.252 e. The van der Waals surface area contributed by atoms with Crippen LogP contribution < -0.4 is 40.4 Å². The van der Waals surface area contributed by atoms with Crippen molar-refractivity contribution in [1.82, 2.24) is 15.4 Å². The van der Waals surface area contributed by atoms with Crippen LogP contribution in [0.15, 0.2) is 22.6 Å². The highest BCUT2D eigenvalue weighted by molar-refractivity contribution is 5.92. The highest BCUT2D eigenvalue weighted by Gasteiger charge is 2.31. The van der Waals surface area contributed by atoms with E-state index in [1.807, 2.05) is 0 Å². The molecule has 0 saturated carbocycles. The third-order valence-electron chi connectivity index (χ3n) is 4.30. The fourth-order valence-electron chi connectivity index (χ4n) is 3.28. The minimum absolute atomic E-state index is 0. The van der Waals surface area contributed by atoms with Crippen LogP contribution >= 0.6 is 0 Å². The number of hydrazine groups is 1.